The first-order valence-electron chi connectivity index (χ1n) is 11.6. The van der Waals surface area contributed by atoms with Gasteiger partial charge < -0.3 is 15.2 Å². The lowest BCUT2D eigenvalue weighted by atomic mass is 10.0. The van der Waals surface area contributed by atoms with E-state index in [0.717, 1.165) is 17.7 Å². The van der Waals surface area contributed by atoms with E-state index >= 15 is 0 Å². The monoisotopic (exact) mass is 498 g/mol. The van der Waals surface area contributed by atoms with Crippen LogP contribution in [0.3, 0.4) is 0 Å². The normalized spacial score (nSPS) is 16.1. The lowest BCUT2D eigenvalue weighted by molar-refractivity contribution is -0.121. The lowest BCUT2D eigenvalue weighted by Gasteiger charge is -2.33. The summed E-state index contributed by atoms with van der Waals surface area (Å²) in [5.74, 6) is 1.05. The third-order valence-corrected chi connectivity index (χ3v) is 8.49. The van der Waals surface area contributed by atoms with Crippen LogP contribution in [0.2, 0.25) is 0 Å². The van der Waals surface area contributed by atoms with Crippen molar-refractivity contribution < 1.29 is 9.59 Å². The molecule has 4 rings (SSSR count). The molecule has 0 bridgehead atoms. The Hall–Kier alpha value is -2.65. The van der Waals surface area contributed by atoms with Gasteiger partial charge in [0.25, 0.3) is 11.5 Å². The highest BCUT2D eigenvalue weighted by Crippen LogP contribution is 2.31. The zero-order valence-corrected chi connectivity index (χ0v) is 21.6. The van der Waals surface area contributed by atoms with E-state index in [9.17, 15) is 14.4 Å². The second kappa shape index (κ2) is 10.3. The van der Waals surface area contributed by atoms with Crippen molar-refractivity contribution in [3.63, 3.8) is 0 Å². The number of fused-ring (bicyclic) bond motifs is 1. The van der Waals surface area contributed by atoms with E-state index in [-0.39, 0.29) is 23.4 Å². The average molecular weight is 499 g/mol. The molecule has 1 atom stereocenters. The Morgan fingerprint density at radius 2 is 2.09 bits per heavy atom. The summed E-state index contributed by atoms with van der Waals surface area (Å²) in [6.45, 7) is 8.90. The van der Waals surface area contributed by atoms with E-state index in [1.807, 2.05) is 13.8 Å². The maximum Gasteiger partial charge on any atom is 0.264 e. The minimum atomic E-state index is -0.207. The number of piperidine rings is 1. The van der Waals surface area contributed by atoms with Crippen molar-refractivity contribution in [2.75, 3.05) is 13.1 Å². The first-order valence-corrected chi connectivity index (χ1v) is 13.4. The number of benzene rings is 1. The molecule has 1 aliphatic heterocycles. The smallest absolute Gasteiger partial charge is 0.264 e. The predicted molar refractivity (Wildman–Crippen MR) is 138 cm³/mol. The zero-order valence-electron chi connectivity index (χ0n) is 20.0. The summed E-state index contributed by atoms with van der Waals surface area (Å²) in [4.78, 5) is 49.7. The van der Waals surface area contributed by atoms with Crippen LogP contribution >= 0.6 is 23.1 Å². The first kappa shape index (κ1) is 24.5. The SMILES string of the molecule is CCC(=O)NC1CCCN(C(=O)c2sc3nc(CSc4cc(C)ccc4C)[nH]c(=O)c3c2C)C1. The largest absolute Gasteiger partial charge is 0.352 e. The van der Waals surface area contributed by atoms with Gasteiger partial charge in [0.1, 0.15) is 10.7 Å². The number of thiophene rings is 1. The maximum absolute atomic E-state index is 13.3. The van der Waals surface area contributed by atoms with Crippen LogP contribution in [0.5, 0.6) is 0 Å². The average Bonchev–Trinajstić information content (AvgIpc) is 3.15. The van der Waals surface area contributed by atoms with Crippen LogP contribution in [0.25, 0.3) is 10.2 Å². The number of H-pyrrole nitrogens is 1. The summed E-state index contributed by atoms with van der Waals surface area (Å²) in [7, 11) is 0. The molecule has 0 saturated carbocycles. The van der Waals surface area contributed by atoms with Crippen LogP contribution in [0.1, 0.15) is 58.4 Å². The number of nitrogens with zero attached hydrogens (tertiary/aromatic N) is 2. The molecule has 180 valence electrons. The fraction of sp³-hybridized carbons (Fsp3) is 0.440. The van der Waals surface area contributed by atoms with Crippen molar-refractivity contribution in [2.45, 2.75) is 63.6 Å². The number of aryl methyl sites for hydroxylation is 3. The van der Waals surface area contributed by atoms with Crippen molar-refractivity contribution in [3.05, 3.63) is 55.9 Å². The van der Waals surface area contributed by atoms with Gasteiger partial charge in [0.15, 0.2) is 0 Å². The highest BCUT2D eigenvalue weighted by molar-refractivity contribution is 7.98. The molecule has 0 aliphatic carbocycles. The Balaban J connectivity index is 1.55. The molecule has 9 heteroatoms. The molecular formula is C25H30N4O3S2. The van der Waals surface area contributed by atoms with Gasteiger partial charge in [-0.05, 0) is 50.8 Å². The third-order valence-electron chi connectivity index (χ3n) is 6.15. The summed E-state index contributed by atoms with van der Waals surface area (Å²) >= 11 is 2.92. The van der Waals surface area contributed by atoms with E-state index < -0.39 is 0 Å². The van der Waals surface area contributed by atoms with Crippen LogP contribution in [-0.4, -0.2) is 45.8 Å². The quantitative estimate of drug-likeness (QED) is 0.493. The van der Waals surface area contributed by atoms with Crippen molar-refractivity contribution in [3.8, 4) is 0 Å². The molecule has 0 spiro atoms. The fourth-order valence-corrected chi connectivity index (χ4v) is 6.38. The summed E-state index contributed by atoms with van der Waals surface area (Å²) in [5, 5.41) is 3.49. The molecule has 3 aromatic rings. The number of carbonyl (C=O) groups excluding carboxylic acids is 2. The number of aromatic nitrogens is 2. The van der Waals surface area contributed by atoms with Gasteiger partial charge in [-0.2, -0.15) is 0 Å². The van der Waals surface area contributed by atoms with Crippen molar-refractivity contribution in [1.82, 2.24) is 20.2 Å². The predicted octanol–water partition coefficient (Wildman–Crippen LogP) is 4.33. The molecule has 1 fully saturated rings. The standard InChI is InChI=1S/C25H30N4O3S2/c1-5-20(30)26-17-7-6-10-29(12-17)25(32)22-16(4)21-23(31)27-19(28-24(21)34-22)13-33-18-11-14(2)8-9-15(18)3/h8-9,11,17H,5-7,10,12-13H2,1-4H3,(H,26,30)(H,27,28,31). The molecule has 2 amide bonds. The van der Waals surface area contributed by atoms with Gasteiger partial charge in [-0.1, -0.05) is 24.6 Å². The number of rotatable bonds is 6. The van der Waals surface area contributed by atoms with E-state index in [0.29, 0.717) is 51.7 Å². The Morgan fingerprint density at radius 1 is 1.29 bits per heavy atom. The number of nitrogens with one attached hydrogen (secondary N) is 2. The minimum absolute atomic E-state index is 0.000619. The molecule has 34 heavy (non-hydrogen) atoms. The summed E-state index contributed by atoms with van der Waals surface area (Å²) in [6, 6.07) is 6.28. The van der Waals surface area contributed by atoms with Gasteiger partial charge in [-0.3, -0.25) is 14.4 Å². The maximum atomic E-state index is 13.3. The van der Waals surface area contributed by atoms with Crippen LogP contribution in [0.4, 0.5) is 0 Å². The zero-order chi connectivity index (χ0) is 24.4. The molecule has 0 radical (unpaired) electrons. The summed E-state index contributed by atoms with van der Waals surface area (Å²) < 4.78 is 0. The van der Waals surface area contributed by atoms with Crippen LogP contribution < -0.4 is 10.9 Å². The van der Waals surface area contributed by atoms with E-state index in [2.05, 4.69) is 42.3 Å². The van der Waals surface area contributed by atoms with Gasteiger partial charge in [-0.15, -0.1) is 23.1 Å². The van der Waals surface area contributed by atoms with Crippen molar-refractivity contribution >= 4 is 45.1 Å². The molecule has 2 aromatic heterocycles. The molecule has 1 aromatic carbocycles. The van der Waals surface area contributed by atoms with E-state index in [1.54, 1.807) is 16.7 Å². The topological polar surface area (TPSA) is 95.2 Å². The molecule has 1 unspecified atom stereocenters. The number of hydrogen-bond acceptors (Lipinski definition) is 6. The molecule has 2 N–H and O–H groups in total. The molecule has 1 saturated heterocycles. The number of hydrogen-bond donors (Lipinski definition) is 2. The van der Waals surface area contributed by atoms with Crippen LogP contribution in [-0.2, 0) is 10.5 Å². The minimum Gasteiger partial charge on any atom is -0.352 e. The molecular weight excluding hydrogens is 468 g/mol. The van der Waals surface area contributed by atoms with Crippen molar-refractivity contribution in [2.24, 2.45) is 0 Å². The van der Waals surface area contributed by atoms with Crippen LogP contribution in [0.15, 0.2) is 27.9 Å². The number of carbonyl (C=O) groups is 2. The van der Waals surface area contributed by atoms with Gasteiger partial charge in [0, 0.05) is 30.4 Å². The first-order chi connectivity index (χ1) is 16.3. The highest BCUT2D eigenvalue weighted by Gasteiger charge is 2.28. The van der Waals surface area contributed by atoms with Crippen LogP contribution in [0, 0.1) is 20.8 Å². The lowest BCUT2D eigenvalue weighted by Crippen LogP contribution is -2.49. The second-order valence-electron chi connectivity index (χ2n) is 8.82. The van der Waals surface area contributed by atoms with Gasteiger partial charge >= 0.3 is 0 Å². The third kappa shape index (κ3) is 5.20. The molecule has 7 nitrogen and oxygen atoms in total. The summed E-state index contributed by atoms with van der Waals surface area (Å²) in [6.07, 6.45) is 2.13. The Morgan fingerprint density at radius 3 is 2.85 bits per heavy atom. The fourth-order valence-electron chi connectivity index (χ4n) is 4.22. The van der Waals surface area contributed by atoms with Gasteiger partial charge in [0.2, 0.25) is 5.91 Å². The number of likely N-dealkylation sites (tertiary alicyclic amines) is 1. The second-order valence-corrected chi connectivity index (χ2v) is 10.8. The highest BCUT2D eigenvalue weighted by atomic mass is 32.2. The Kier molecular flexibility index (Phi) is 7.42. The van der Waals surface area contributed by atoms with Gasteiger partial charge in [-0.25, -0.2) is 4.98 Å². The Labute approximate surface area is 207 Å². The van der Waals surface area contributed by atoms with E-state index in [4.69, 9.17) is 4.98 Å². The number of amides is 2. The molecule has 1 aliphatic rings. The van der Waals surface area contributed by atoms with Crippen molar-refractivity contribution in [1.29, 1.82) is 0 Å². The van der Waals surface area contributed by atoms with E-state index in [1.165, 1.54) is 22.5 Å². The summed E-state index contributed by atoms with van der Waals surface area (Å²) in [5.41, 5.74) is 2.85. The Bertz CT molecular complexity index is 1300. The number of aromatic amines is 1. The number of thioether (sulfide) groups is 1. The van der Waals surface area contributed by atoms with Gasteiger partial charge in [0.05, 0.1) is 16.0 Å². The molecule has 3 heterocycles.